The number of thiocarbonyl (C=S) groups is 1. The molecule has 1 fully saturated rings. The van der Waals surface area contributed by atoms with Crippen LogP contribution < -0.4 is 10.6 Å². The third-order valence-corrected chi connectivity index (χ3v) is 4.01. The summed E-state index contributed by atoms with van der Waals surface area (Å²) in [6.07, 6.45) is 0. The summed E-state index contributed by atoms with van der Waals surface area (Å²) in [5, 5.41) is 1.03. The van der Waals surface area contributed by atoms with Crippen LogP contribution in [-0.2, 0) is 5.41 Å². The molecule has 2 rings (SSSR count). The van der Waals surface area contributed by atoms with Crippen molar-refractivity contribution in [2.45, 2.75) is 26.2 Å². The maximum Gasteiger partial charge on any atom is 0.205 e. The fraction of sp³-hybridized carbons (Fsp3) is 0.750. The van der Waals surface area contributed by atoms with Crippen LogP contribution in [0.1, 0.15) is 26.6 Å². The second kappa shape index (κ2) is 5.68. The van der Waals surface area contributed by atoms with E-state index >= 15 is 0 Å². The Balaban J connectivity index is 1.94. The van der Waals surface area contributed by atoms with E-state index in [0.717, 1.165) is 37.1 Å². The first-order chi connectivity index (χ1) is 8.86. The Kier molecular flexibility index (Phi) is 4.37. The van der Waals surface area contributed by atoms with Crippen LogP contribution in [0.2, 0.25) is 0 Å². The topological polar surface area (TPSA) is 58.3 Å². The molecule has 1 aliphatic heterocycles. The molecule has 106 valence electrons. The average molecular weight is 299 g/mol. The molecule has 5 nitrogen and oxygen atoms in total. The summed E-state index contributed by atoms with van der Waals surface area (Å²) in [6, 6.07) is 0. The van der Waals surface area contributed by atoms with Gasteiger partial charge in [0.2, 0.25) is 5.13 Å². The van der Waals surface area contributed by atoms with Gasteiger partial charge in [-0.3, -0.25) is 4.90 Å². The molecule has 1 aromatic rings. The lowest BCUT2D eigenvalue weighted by Gasteiger charge is -2.34. The maximum absolute atomic E-state index is 5.58. The van der Waals surface area contributed by atoms with Gasteiger partial charge in [-0.15, -0.1) is 0 Å². The van der Waals surface area contributed by atoms with E-state index in [1.165, 1.54) is 11.5 Å². The Morgan fingerprint density at radius 2 is 1.95 bits per heavy atom. The molecule has 0 saturated carbocycles. The molecular formula is C12H21N5S2. The molecule has 0 amide bonds. The summed E-state index contributed by atoms with van der Waals surface area (Å²) in [5.41, 5.74) is 5.59. The summed E-state index contributed by atoms with van der Waals surface area (Å²) in [5.74, 6) is 0.929. The van der Waals surface area contributed by atoms with Crippen LogP contribution in [0, 0.1) is 0 Å². The first-order valence-electron chi connectivity index (χ1n) is 6.46. The minimum atomic E-state index is 0.0162. The first kappa shape index (κ1) is 14.6. The first-order valence-corrected chi connectivity index (χ1v) is 7.64. The van der Waals surface area contributed by atoms with Crippen LogP contribution in [0.5, 0.6) is 0 Å². The average Bonchev–Trinajstić information content (AvgIpc) is 2.78. The fourth-order valence-electron chi connectivity index (χ4n) is 1.97. The highest BCUT2D eigenvalue weighted by molar-refractivity contribution is 7.80. The number of piperazine rings is 1. The van der Waals surface area contributed by atoms with Gasteiger partial charge in [-0.2, -0.15) is 4.37 Å². The van der Waals surface area contributed by atoms with Gasteiger partial charge in [0.1, 0.15) is 5.82 Å². The lowest BCUT2D eigenvalue weighted by molar-refractivity contribution is 0.292. The van der Waals surface area contributed by atoms with Crippen molar-refractivity contribution in [3.05, 3.63) is 5.82 Å². The van der Waals surface area contributed by atoms with Crippen LogP contribution >= 0.6 is 23.8 Å². The van der Waals surface area contributed by atoms with E-state index in [-0.39, 0.29) is 5.41 Å². The lowest BCUT2D eigenvalue weighted by Crippen LogP contribution is -2.48. The van der Waals surface area contributed by atoms with Gasteiger partial charge in [0.25, 0.3) is 0 Å². The second-order valence-corrected chi connectivity index (χ2v) is 7.13. The van der Waals surface area contributed by atoms with E-state index in [1.54, 1.807) is 0 Å². The smallest absolute Gasteiger partial charge is 0.205 e. The van der Waals surface area contributed by atoms with Gasteiger partial charge in [-0.25, -0.2) is 4.98 Å². The zero-order valence-corrected chi connectivity index (χ0v) is 13.4. The van der Waals surface area contributed by atoms with Gasteiger partial charge in [-0.05, 0) is 0 Å². The van der Waals surface area contributed by atoms with Crippen LogP contribution in [0.15, 0.2) is 0 Å². The van der Waals surface area contributed by atoms with Gasteiger partial charge < -0.3 is 10.6 Å². The normalized spacial score (nSPS) is 17.7. The molecule has 0 atom stereocenters. The molecule has 0 aromatic carbocycles. The lowest BCUT2D eigenvalue weighted by atomic mass is 9.96. The predicted octanol–water partition coefficient (Wildman–Crippen LogP) is 1.24. The summed E-state index contributed by atoms with van der Waals surface area (Å²) in [6.45, 7) is 11.0. The van der Waals surface area contributed by atoms with Gasteiger partial charge in [0.05, 0.1) is 4.99 Å². The third-order valence-electron chi connectivity index (χ3n) is 3.11. The highest BCUT2D eigenvalue weighted by Crippen LogP contribution is 2.25. The minimum absolute atomic E-state index is 0.0162. The fourth-order valence-corrected chi connectivity index (χ4v) is 3.06. The molecule has 0 spiro atoms. The summed E-state index contributed by atoms with van der Waals surface area (Å²) >= 11 is 6.44. The molecule has 7 heteroatoms. The Morgan fingerprint density at radius 3 is 2.42 bits per heavy atom. The van der Waals surface area contributed by atoms with E-state index in [1.807, 2.05) is 0 Å². The van der Waals surface area contributed by atoms with Crippen LogP contribution in [0.3, 0.4) is 0 Å². The molecule has 0 bridgehead atoms. The third kappa shape index (κ3) is 3.84. The molecule has 2 heterocycles. The summed E-state index contributed by atoms with van der Waals surface area (Å²) < 4.78 is 4.46. The Labute approximate surface area is 124 Å². The molecule has 2 N–H and O–H groups in total. The molecule has 19 heavy (non-hydrogen) atoms. The van der Waals surface area contributed by atoms with Crippen molar-refractivity contribution in [3.63, 3.8) is 0 Å². The second-order valence-electron chi connectivity index (χ2n) is 5.88. The van der Waals surface area contributed by atoms with Gasteiger partial charge >= 0.3 is 0 Å². The molecule has 0 aliphatic carbocycles. The van der Waals surface area contributed by atoms with E-state index in [2.05, 4.69) is 39.9 Å². The van der Waals surface area contributed by atoms with Crippen molar-refractivity contribution in [1.82, 2.24) is 14.3 Å². The Morgan fingerprint density at radius 1 is 1.32 bits per heavy atom. The van der Waals surface area contributed by atoms with Crippen LogP contribution in [0.25, 0.3) is 0 Å². The number of aromatic nitrogens is 2. The van der Waals surface area contributed by atoms with Gasteiger partial charge in [0.15, 0.2) is 0 Å². The number of hydrogen-bond donors (Lipinski definition) is 1. The van der Waals surface area contributed by atoms with Crippen molar-refractivity contribution >= 4 is 33.9 Å². The monoisotopic (exact) mass is 299 g/mol. The van der Waals surface area contributed by atoms with Crippen molar-refractivity contribution in [2.75, 3.05) is 37.6 Å². The number of nitrogens with two attached hydrogens (primary N) is 1. The highest BCUT2D eigenvalue weighted by Gasteiger charge is 2.24. The van der Waals surface area contributed by atoms with E-state index in [4.69, 9.17) is 18.0 Å². The Bertz CT molecular complexity index is 443. The number of anilines is 1. The van der Waals surface area contributed by atoms with Crippen LogP contribution in [-0.4, -0.2) is 52.0 Å². The number of nitrogens with zero attached hydrogens (tertiary/aromatic N) is 4. The standard InChI is InChI=1S/C12H21N5S2/c1-12(2,3)10-14-11(19-15-10)17-6-4-16(5-7-17)8-9(13)18/h4-8H2,1-3H3,(H2,13,18). The number of hydrogen-bond acceptors (Lipinski definition) is 6. The zero-order valence-electron chi connectivity index (χ0n) is 11.7. The molecule has 0 radical (unpaired) electrons. The zero-order chi connectivity index (χ0) is 14.0. The van der Waals surface area contributed by atoms with E-state index < -0.39 is 0 Å². The van der Waals surface area contributed by atoms with Gasteiger partial charge in [-0.1, -0.05) is 33.0 Å². The molecule has 1 aromatic heterocycles. The number of rotatable bonds is 3. The molecule has 0 unspecified atom stereocenters. The summed E-state index contributed by atoms with van der Waals surface area (Å²) in [7, 11) is 0. The van der Waals surface area contributed by atoms with E-state index in [9.17, 15) is 0 Å². The summed E-state index contributed by atoms with van der Waals surface area (Å²) in [4.78, 5) is 9.80. The highest BCUT2D eigenvalue weighted by atomic mass is 32.1. The minimum Gasteiger partial charge on any atom is -0.392 e. The van der Waals surface area contributed by atoms with Crippen molar-refractivity contribution in [2.24, 2.45) is 5.73 Å². The SMILES string of the molecule is CC(C)(C)c1nsc(N2CCN(CC(N)=S)CC2)n1. The van der Waals surface area contributed by atoms with E-state index in [0.29, 0.717) is 11.5 Å². The maximum atomic E-state index is 5.58. The van der Waals surface area contributed by atoms with Crippen molar-refractivity contribution in [1.29, 1.82) is 0 Å². The molecular weight excluding hydrogens is 278 g/mol. The van der Waals surface area contributed by atoms with Crippen LogP contribution in [0.4, 0.5) is 5.13 Å². The molecule has 1 aliphatic rings. The largest absolute Gasteiger partial charge is 0.392 e. The predicted molar refractivity (Wildman–Crippen MR) is 84.0 cm³/mol. The van der Waals surface area contributed by atoms with Crippen molar-refractivity contribution < 1.29 is 0 Å². The quantitative estimate of drug-likeness (QED) is 0.848. The van der Waals surface area contributed by atoms with Crippen molar-refractivity contribution in [3.8, 4) is 0 Å². The van der Waals surface area contributed by atoms with Gasteiger partial charge in [0, 0.05) is 49.7 Å². The Hall–Kier alpha value is -0.790. The molecule has 1 saturated heterocycles.